The Morgan fingerprint density at radius 3 is 2.71 bits per heavy atom. The molecule has 0 atom stereocenters. The maximum atomic E-state index is 11.1. The number of aromatic nitrogens is 2. The van der Waals surface area contributed by atoms with Crippen molar-refractivity contribution in [1.82, 2.24) is 9.78 Å². The van der Waals surface area contributed by atoms with Gasteiger partial charge in [-0.3, -0.25) is 4.68 Å². The van der Waals surface area contributed by atoms with Gasteiger partial charge in [-0.25, -0.2) is 8.42 Å². The zero-order valence-electron chi connectivity index (χ0n) is 9.95. The fraction of sp³-hybridized carbons (Fsp3) is 0.727. The number of rotatable bonds is 3. The van der Waals surface area contributed by atoms with Gasteiger partial charge in [0.05, 0.1) is 18.0 Å². The van der Waals surface area contributed by atoms with Crippen molar-refractivity contribution >= 4 is 21.4 Å². The van der Waals surface area contributed by atoms with Crippen molar-refractivity contribution in [1.29, 1.82) is 0 Å². The summed E-state index contributed by atoms with van der Waals surface area (Å²) in [5.41, 5.74) is 2.18. The second-order valence-corrected chi connectivity index (χ2v) is 7.25. The maximum Gasteiger partial charge on any atom is 0.149 e. The van der Waals surface area contributed by atoms with Gasteiger partial charge in [-0.15, -0.1) is 0 Å². The molecule has 1 aromatic heterocycles. The molecule has 0 spiro atoms. The van der Waals surface area contributed by atoms with E-state index in [0.717, 1.165) is 36.9 Å². The molecule has 6 heteroatoms. The molecule has 0 aliphatic heterocycles. The molecular weight excluding hydrogens is 260 g/mol. The van der Waals surface area contributed by atoms with E-state index in [1.165, 1.54) is 12.7 Å². The molecule has 0 radical (unpaired) electrons. The molecule has 1 aromatic rings. The van der Waals surface area contributed by atoms with Crippen LogP contribution in [0, 0.1) is 0 Å². The summed E-state index contributed by atoms with van der Waals surface area (Å²) in [6.07, 6.45) is 6.66. The van der Waals surface area contributed by atoms with Gasteiger partial charge in [0, 0.05) is 11.8 Å². The average Bonchev–Trinajstić information content (AvgIpc) is 2.43. The van der Waals surface area contributed by atoms with Crippen LogP contribution in [0.25, 0.3) is 0 Å². The third kappa shape index (κ3) is 3.22. The summed E-state index contributed by atoms with van der Waals surface area (Å²) in [4.78, 5) is 0. The minimum absolute atomic E-state index is 0.0906. The molecular formula is C11H17ClN2O2S. The highest BCUT2D eigenvalue weighted by Gasteiger charge is 2.18. The van der Waals surface area contributed by atoms with Gasteiger partial charge in [0.2, 0.25) is 0 Å². The standard InChI is InChI=1S/C11H17ClN2O2S/c1-17(15,16)8-7-14-11(12)9-5-3-2-4-6-10(9)13-14/h2-8H2,1H3. The number of sulfone groups is 1. The molecule has 0 bridgehead atoms. The first-order chi connectivity index (χ1) is 7.97. The molecule has 1 aliphatic rings. The summed E-state index contributed by atoms with van der Waals surface area (Å²) < 4.78 is 23.9. The molecule has 0 aromatic carbocycles. The van der Waals surface area contributed by atoms with E-state index in [2.05, 4.69) is 5.10 Å². The normalized spacial score (nSPS) is 16.6. The Hall–Kier alpha value is -0.550. The lowest BCUT2D eigenvalue weighted by molar-refractivity contribution is 0.582. The zero-order valence-corrected chi connectivity index (χ0v) is 11.5. The van der Waals surface area contributed by atoms with Gasteiger partial charge in [0.1, 0.15) is 15.0 Å². The van der Waals surface area contributed by atoms with Crippen molar-refractivity contribution in [3.63, 3.8) is 0 Å². The molecule has 1 heterocycles. The molecule has 96 valence electrons. The first-order valence-electron chi connectivity index (χ1n) is 5.89. The van der Waals surface area contributed by atoms with Gasteiger partial charge in [-0.2, -0.15) is 5.10 Å². The zero-order chi connectivity index (χ0) is 12.5. The SMILES string of the molecule is CS(=O)(=O)CCn1nc2c(c1Cl)CCCCC2. The van der Waals surface area contributed by atoms with E-state index in [-0.39, 0.29) is 5.75 Å². The predicted molar refractivity (Wildman–Crippen MR) is 68.2 cm³/mol. The molecule has 4 nitrogen and oxygen atoms in total. The third-order valence-corrected chi connectivity index (χ3v) is 4.43. The largest absolute Gasteiger partial charge is 0.252 e. The summed E-state index contributed by atoms with van der Waals surface area (Å²) in [7, 11) is -2.97. The Balaban J connectivity index is 2.19. The van der Waals surface area contributed by atoms with Crippen molar-refractivity contribution < 1.29 is 8.42 Å². The quantitative estimate of drug-likeness (QED) is 0.792. The third-order valence-electron chi connectivity index (χ3n) is 3.08. The number of nitrogens with zero attached hydrogens (tertiary/aromatic N) is 2. The number of hydrogen-bond donors (Lipinski definition) is 0. The van der Waals surface area contributed by atoms with Crippen LogP contribution in [-0.2, 0) is 29.2 Å². The highest BCUT2D eigenvalue weighted by Crippen LogP contribution is 2.26. The van der Waals surface area contributed by atoms with Crippen molar-refractivity contribution in [2.75, 3.05) is 12.0 Å². The summed E-state index contributed by atoms with van der Waals surface area (Å²) in [5, 5.41) is 5.06. The molecule has 0 unspecified atom stereocenters. The first kappa shape index (κ1) is 12.9. The lowest BCUT2D eigenvalue weighted by Gasteiger charge is -2.02. The van der Waals surface area contributed by atoms with E-state index in [4.69, 9.17) is 11.6 Å². The predicted octanol–water partition coefficient (Wildman–Crippen LogP) is 1.85. The van der Waals surface area contributed by atoms with Gasteiger partial charge in [-0.1, -0.05) is 18.0 Å². The minimum Gasteiger partial charge on any atom is -0.252 e. The summed E-state index contributed by atoms with van der Waals surface area (Å²) in [5.74, 6) is 0.0906. The van der Waals surface area contributed by atoms with Crippen LogP contribution in [0.2, 0.25) is 5.15 Å². The van der Waals surface area contributed by atoms with Gasteiger partial charge >= 0.3 is 0 Å². The molecule has 0 saturated heterocycles. The molecule has 1 aliphatic carbocycles. The lowest BCUT2D eigenvalue weighted by atomic mass is 10.1. The summed E-state index contributed by atoms with van der Waals surface area (Å²) in [6.45, 7) is 0.352. The molecule has 0 saturated carbocycles. The molecule has 0 amide bonds. The first-order valence-corrected chi connectivity index (χ1v) is 8.33. The van der Waals surface area contributed by atoms with Crippen LogP contribution < -0.4 is 0 Å². The number of hydrogen-bond acceptors (Lipinski definition) is 3. The van der Waals surface area contributed by atoms with Crippen molar-refractivity contribution in [3.8, 4) is 0 Å². The van der Waals surface area contributed by atoms with Gasteiger partial charge in [0.25, 0.3) is 0 Å². The maximum absolute atomic E-state index is 11.1. The topological polar surface area (TPSA) is 52.0 Å². The minimum atomic E-state index is -2.97. The summed E-state index contributed by atoms with van der Waals surface area (Å²) in [6, 6.07) is 0. The van der Waals surface area contributed by atoms with E-state index < -0.39 is 9.84 Å². The summed E-state index contributed by atoms with van der Waals surface area (Å²) >= 11 is 6.25. The van der Waals surface area contributed by atoms with E-state index in [1.54, 1.807) is 4.68 Å². The monoisotopic (exact) mass is 276 g/mol. The molecule has 0 fully saturated rings. The average molecular weight is 277 g/mol. The van der Waals surface area contributed by atoms with Gasteiger partial charge < -0.3 is 0 Å². The fourth-order valence-electron chi connectivity index (χ4n) is 2.14. The van der Waals surface area contributed by atoms with Crippen molar-refractivity contribution in [2.24, 2.45) is 0 Å². The van der Waals surface area contributed by atoms with E-state index in [0.29, 0.717) is 11.7 Å². The molecule has 17 heavy (non-hydrogen) atoms. The van der Waals surface area contributed by atoms with Crippen LogP contribution in [0.3, 0.4) is 0 Å². The highest BCUT2D eigenvalue weighted by atomic mass is 35.5. The van der Waals surface area contributed by atoms with Crippen LogP contribution >= 0.6 is 11.6 Å². The van der Waals surface area contributed by atoms with E-state index >= 15 is 0 Å². The van der Waals surface area contributed by atoms with Crippen LogP contribution in [0.15, 0.2) is 0 Å². The Morgan fingerprint density at radius 1 is 1.29 bits per heavy atom. The van der Waals surface area contributed by atoms with Crippen molar-refractivity contribution in [2.45, 2.75) is 38.6 Å². The molecule has 0 N–H and O–H groups in total. The highest BCUT2D eigenvalue weighted by molar-refractivity contribution is 7.90. The van der Waals surface area contributed by atoms with Crippen LogP contribution in [0.5, 0.6) is 0 Å². The second-order valence-electron chi connectivity index (χ2n) is 4.63. The van der Waals surface area contributed by atoms with E-state index in [1.807, 2.05) is 0 Å². The fourth-order valence-corrected chi connectivity index (χ4v) is 2.98. The van der Waals surface area contributed by atoms with Crippen molar-refractivity contribution in [3.05, 3.63) is 16.4 Å². The Morgan fingerprint density at radius 2 is 2.00 bits per heavy atom. The van der Waals surface area contributed by atoms with E-state index in [9.17, 15) is 8.42 Å². The molecule has 2 rings (SSSR count). The van der Waals surface area contributed by atoms with Gasteiger partial charge in [-0.05, 0) is 25.7 Å². The van der Waals surface area contributed by atoms with Gasteiger partial charge in [0.15, 0.2) is 0 Å². The smallest absolute Gasteiger partial charge is 0.149 e. The number of fused-ring (bicyclic) bond motifs is 1. The van der Waals surface area contributed by atoms with Crippen LogP contribution in [0.4, 0.5) is 0 Å². The second kappa shape index (κ2) is 4.98. The number of halogens is 1. The van der Waals surface area contributed by atoms with Crippen LogP contribution in [0.1, 0.15) is 30.5 Å². The van der Waals surface area contributed by atoms with Crippen LogP contribution in [-0.4, -0.2) is 30.2 Å². The Bertz CT molecular complexity index is 508. The lowest BCUT2D eigenvalue weighted by Crippen LogP contribution is -2.12. The number of aryl methyl sites for hydroxylation is 2. The Labute approximate surface area is 107 Å². The Kier molecular flexibility index (Phi) is 3.78.